The molecule has 3 aromatic rings. The van der Waals surface area contributed by atoms with Gasteiger partial charge in [0, 0.05) is 12.6 Å². The maximum Gasteiger partial charge on any atom is 0.255 e. The summed E-state index contributed by atoms with van der Waals surface area (Å²) in [5.74, 6) is -0.974. The lowest BCUT2D eigenvalue weighted by molar-refractivity contribution is 0.0954. The van der Waals surface area contributed by atoms with Crippen molar-refractivity contribution in [1.82, 2.24) is 14.9 Å². The molecule has 7 nitrogen and oxygen atoms in total. The fraction of sp³-hybridized carbons (Fsp3) is 0.417. The molecule has 0 aliphatic heterocycles. The zero-order valence-electron chi connectivity index (χ0n) is 19.1. The molecule has 10 heteroatoms. The lowest BCUT2D eigenvalue weighted by Crippen LogP contribution is -2.27. The van der Waals surface area contributed by atoms with Gasteiger partial charge in [-0.25, -0.2) is 17.2 Å². The Labute approximate surface area is 197 Å². The van der Waals surface area contributed by atoms with Crippen LogP contribution in [0.4, 0.5) is 8.78 Å². The zero-order valence-corrected chi connectivity index (χ0v) is 19.9. The minimum absolute atomic E-state index is 0.0429. The van der Waals surface area contributed by atoms with Crippen LogP contribution in [0.5, 0.6) is 5.88 Å². The number of benzene rings is 1. The van der Waals surface area contributed by atoms with Crippen molar-refractivity contribution >= 4 is 21.3 Å². The third kappa shape index (κ3) is 5.55. The fourth-order valence-electron chi connectivity index (χ4n) is 3.87. The molecule has 2 heterocycles. The molecule has 34 heavy (non-hydrogen) atoms. The van der Waals surface area contributed by atoms with Crippen LogP contribution in [0.15, 0.2) is 30.3 Å². The van der Waals surface area contributed by atoms with E-state index in [-0.39, 0.29) is 42.0 Å². The highest BCUT2D eigenvalue weighted by atomic mass is 32.2. The Morgan fingerprint density at radius 3 is 2.59 bits per heavy atom. The van der Waals surface area contributed by atoms with Crippen molar-refractivity contribution in [3.8, 4) is 5.88 Å². The SMILES string of the molecule is Cc1cc(OCc2c(F)cccc2F)n2nc(C)c(C(=O)NCCCS(=O)(=O)CC3CC3)c2c1. The van der Waals surface area contributed by atoms with Gasteiger partial charge in [0.05, 0.1) is 33.8 Å². The first kappa shape index (κ1) is 24.1. The number of amides is 1. The molecule has 1 aromatic carbocycles. The molecule has 0 bridgehead atoms. The minimum Gasteiger partial charge on any atom is -0.473 e. The average Bonchev–Trinajstić information content (AvgIpc) is 3.49. The van der Waals surface area contributed by atoms with Gasteiger partial charge in [-0.05, 0) is 62.8 Å². The number of nitrogens with one attached hydrogen (secondary N) is 1. The third-order valence-corrected chi connectivity index (χ3v) is 7.67. The highest BCUT2D eigenvalue weighted by molar-refractivity contribution is 7.91. The molecule has 1 saturated carbocycles. The molecule has 1 N–H and O–H groups in total. The van der Waals surface area contributed by atoms with Crippen LogP contribution in [0.25, 0.3) is 5.52 Å². The number of sulfone groups is 1. The standard InChI is InChI=1S/C24H27F2N3O4S/c1-15-11-21-23(24(30)27-9-4-10-34(31,32)14-17-7-8-17)16(2)28-29(21)22(12-15)33-13-18-19(25)5-3-6-20(18)26/h3,5-6,11-12,17H,4,7-10,13-14H2,1-2H3,(H,27,30). The van der Waals surface area contributed by atoms with Crippen LogP contribution in [0.2, 0.25) is 0 Å². The van der Waals surface area contributed by atoms with Crippen molar-refractivity contribution < 1.29 is 26.7 Å². The van der Waals surface area contributed by atoms with E-state index in [9.17, 15) is 22.0 Å². The number of halogens is 2. The van der Waals surface area contributed by atoms with Crippen LogP contribution in [-0.2, 0) is 16.4 Å². The van der Waals surface area contributed by atoms with E-state index < -0.39 is 21.5 Å². The quantitative estimate of drug-likeness (QED) is 0.437. The molecule has 1 aliphatic rings. The van der Waals surface area contributed by atoms with Gasteiger partial charge in [-0.15, -0.1) is 0 Å². The van der Waals surface area contributed by atoms with Gasteiger partial charge in [0.25, 0.3) is 5.91 Å². The number of hydrogen-bond acceptors (Lipinski definition) is 5. The molecular formula is C24H27F2N3O4S. The molecule has 0 atom stereocenters. The second kappa shape index (κ2) is 9.69. The van der Waals surface area contributed by atoms with Gasteiger partial charge in [-0.1, -0.05) is 6.07 Å². The molecule has 1 fully saturated rings. The second-order valence-corrected chi connectivity index (χ2v) is 11.0. The maximum atomic E-state index is 14.0. The Morgan fingerprint density at radius 2 is 1.91 bits per heavy atom. The summed E-state index contributed by atoms with van der Waals surface area (Å²) in [7, 11) is -3.10. The molecule has 0 unspecified atom stereocenters. The number of aryl methyl sites for hydroxylation is 2. The van der Waals surface area contributed by atoms with Gasteiger partial charge in [-0.2, -0.15) is 9.61 Å². The Bertz CT molecular complexity index is 1310. The predicted molar refractivity (Wildman–Crippen MR) is 124 cm³/mol. The number of rotatable bonds is 10. The maximum absolute atomic E-state index is 14.0. The predicted octanol–water partition coefficient (Wildman–Crippen LogP) is 3.75. The molecule has 0 spiro atoms. The van der Waals surface area contributed by atoms with Gasteiger partial charge in [-0.3, -0.25) is 4.79 Å². The normalized spacial score (nSPS) is 13.9. The van der Waals surface area contributed by atoms with Gasteiger partial charge in [0.2, 0.25) is 5.88 Å². The summed E-state index contributed by atoms with van der Waals surface area (Å²) in [5, 5.41) is 7.16. The molecule has 1 aliphatic carbocycles. The summed E-state index contributed by atoms with van der Waals surface area (Å²) in [6, 6.07) is 7.04. The second-order valence-electron chi connectivity index (χ2n) is 8.78. The van der Waals surface area contributed by atoms with Crippen LogP contribution in [0.1, 0.15) is 46.4 Å². The van der Waals surface area contributed by atoms with Gasteiger partial charge in [0.1, 0.15) is 18.2 Å². The number of carbonyl (C=O) groups excluding carboxylic acids is 1. The topological polar surface area (TPSA) is 89.8 Å². The van der Waals surface area contributed by atoms with Crippen molar-refractivity contribution in [3.05, 3.63) is 64.4 Å². The average molecular weight is 492 g/mol. The van der Waals surface area contributed by atoms with Crippen LogP contribution >= 0.6 is 0 Å². The highest BCUT2D eigenvalue weighted by Crippen LogP contribution is 2.30. The molecular weight excluding hydrogens is 464 g/mol. The molecule has 0 radical (unpaired) electrons. The number of aromatic nitrogens is 2. The lowest BCUT2D eigenvalue weighted by atomic mass is 10.1. The van der Waals surface area contributed by atoms with E-state index in [1.165, 1.54) is 10.6 Å². The van der Waals surface area contributed by atoms with E-state index in [4.69, 9.17) is 4.74 Å². The van der Waals surface area contributed by atoms with Crippen LogP contribution in [-0.4, -0.2) is 42.0 Å². The number of nitrogens with zero attached hydrogens (tertiary/aromatic N) is 2. The number of carbonyl (C=O) groups is 1. The fourth-order valence-corrected chi connectivity index (χ4v) is 5.67. The molecule has 1 amide bonds. The van der Waals surface area contributed by atoms with Crippen molar-refractivity contribution in [2.24, 2.45) is 5.92 Å². The van der Waals surface area contributed by atoms with Gasteiger partial charge < -0.3 is 10.1 Å². The summed E-state index contributed by atoms with van der Waals surface area (Å²) in [6.45, 7) is 3.37. The van der Waals surface area contributed by atoms with Crippen molar-refractivity contribution in [2.45, 2.75) is 39.7 Å². The minimum atomic E-state index is -3.10. The van der Waals surface area contributed by atoms with Gasteiger partial charge >= 0.3 is 0 Å². The summed E-state index contributed by atoms with van der Waals surface area (Å²) >= 11 is 0. The monoisotopic (exact) mass is 491 g/mol. The van der Waals surface area contributed by atoms with E-state index >= 15 is 0 Å². The number of fused-ring (bicyclic) bond motifs is 1. The summed E-state index contributed by atoms with van der Waals surface area (Å²) in [5.41, 5.74) is 1.85. The highest BCUT2D eigenvalue weighted by Gasteiger charge is 2.27. The van der Waals surface area contributed by atoms with Crippen LogP contribution < -0.4 is 10.1 Å². The summed E-state index contributed by atoms with van der Waals surface area (Å²) in [6.07, 6.45) is 2.29. The van der Waals surface area contributed by atoms with E-state index in [2.05, 4.69) is 10.4 Å². The Hall–Kier alpha value is -3.01. The smallest absolute Gasteiger partial charge is 0.255 e. The molecule has 182 valence electrons. The molecule has 2 aromatic heterocycles. The summed E-state index contributed by atoms with van der Waals surface area (Å²) in [4.78, 5) is 12.9. The first-order valence-corrected chi connectivity index (χ1v) is 13.0. The van der Waals surface area contributed by atoms with Crippen LogP contribution in [0, 0.1) is 31.4 Å². The molecule has 0 saturated heterocycles. The number of ether oxygens (including phenoxy) is 1. The number of pyridine rings is 1. The Balaban J connectivity index is 1.47. The van der Waals surface area contributed by atoms with Crippen molar-refractivity contribution in [1.29, 1.82) is 0 Å². The third-order valence-electron chi connectivity index (χ3n) is 5.78. The Morgan fingerprint density at radius 1 is 1.21 bits per heavy atom. The van der Waals surface area contributed by atoms with Crippen molar-refractivity contribution in [2.75, 3.05) is 18.1 Å². The van der Waals surface area contributed by atoms with E-state index in [1.54, 1.807) is 19.1 Å². The Kier molecular flexibility index (Phi) is 6.88. The van der Waals surface area contributed by atoms with Crippen LogP contribution in [0.3, 0.4) is 0 Å². The van der Waals surface area contributed by atoms with E-state index in [0.29, 0.717) is 29.1 Å². The van der Waals surface area contributed by atoms with E-state index in [0.717, 1.165) is 30.5 Å². The first-order valence-electron chi connectivity index (χ1n) is 11.2. The van der Waals surface area contributed by atoms with E-state index in [1.807, 2.05) is 6.92 Å². The number of hydrogen-bond donors (Lipinski definition) is 1. The van der Waals surface area contributed by atoms with Gasteiger partial charge in [0.15, 0.2) is 9.84 Å². The zero-order chi connectivity index (χ0) is 24.5. The lowest BCUT2D eigenvalue weighted by Gasteiger charge is -2.11. The first-order chi connectivity index (χ1) is 16.1. The largest absolute Gasteiger partial charge is 0.473 e. The molecule has 4 rings (SSSR count). The van der Waals surface area contributed by atoms with Crippen molar-refractivity contribution in [3.63, 3.8) is 0 Å². The summed E-state index contributed by atoms with van der Waals surface area (Å²) < 4.78 is 59.2.